The highest BCUT2D eigenvalue weighted by molar-refractivity contribution is 7.18. The maximum atomic E-state index is 5.24. The van der Waals surface area contributed by atoms with E-state index in [-0.39, 0.29) is 0 Å². The summed E-state index contributed by atoms with van der Waals surface area (Å²) in [6.07, 6.45) is 6.60. The first-order valence-corrected chi connectivity index (χ1v) is 8.86. The lowest BCUT2D eigenvalue weighted by molar-refractivity contribution is 0.577. The number of fused-ring (bicyclic) bond motifs is 2. The Bertz CT molecular complexity index is 716. The number of thiophene rings is 1. The number of aryl methyl sites for hydroxylation is 2. The van der Waals surface area contributed by atoms with Crippen molar-refractivity contribution in [3.8, 4) is 0 Å². The molecular weight excluding hydrogens is 320 g/mol. The Labute approximate surface area is 146 Å². The quantitative estimate of drug-likeness (QED) is 0.416. The molecule has 0 saturated carbocycles. The number of nitrogens with zero attached hydrogens (tertiary/aromatic N) is 4. The lowest BCUT2D eigenvalue weighted by Crippen LogP contribution is -1.72. The Morgan fingerprint density at radius 3 is 2.08 bits per heavy atom. The van der Waals surface area contributed by atoms with E-state index >= 15 is 0 Å². The molecule has 0 atom stereocenters. The van der Waals surface area contributed by atoms with Crippen molar-refractivity contribution in [2.45, 2.75) is 41.5 Å². The minimum atomic E-state index is 0.750. The van der Waals surface area contributed by atoms with Crippen molar-refractivity contribution in [1.82, 2.24) is 19.9 Å². The normalized spacial score (nSPS) is 9.25. The Balaban J connectivity index is 0.000000199. The first-order valence-electron chi connectivity index (χ1n) is 8.04. The number of rotatable bonds is 0. The molecule has 0 spiro atoms. The number of aromatic nitrogens is 4. The summed E-state index contributed by atoms with van der Waals surface area (Å²) < 4.78 is 6.41. The van der Waals surface area contributed by atoms with Crippen LogP contribution in [-0.4, -0.2) is 19.9 Å². The van der Waals surface area contributed by atoms with Crippen LogP contribution in [0.2, 0.25) is 0 Å². The second-order valence-corrected chi connectivity index (χ2v) is 5.55. The molecule has 0 saturated heterocycles. The van der Waals surface area contributed by atoms with Gasteiger partial charge >= 0.3 is 0 Å². The molecule has 128 valence electrons. The van der Waals surface area contributed by atoms with Gasteiger partial charge < -0.3 is 4.42 Å². The highest BCUT2D eigenvalue weighted by Gasteiger charge is 1.98. The molecule has 0 aliphatic carbocycles. The molecule has 0 amide bonds. The van der Waals surface area contributed by atoms with E-state index in [1.807, 2.05) is 46.9 Å². The van der Waals surface area contributed by atoms with Crippen LogP contribution in [-0.2, 0) is 0 Å². The molecule has 4 aromatic heterocycles. The summed E-state index contributed by atoms with van der Waals surface area (Å²) in [5, 5.41) is 0. The van der Waals surface area contributed by atoms with E-state index in [2.05, 4.69) is 32.9 Å². The van der Waals surface area contributed by atoms with Crippen LogP contribution in [0.15, 0.2) is 41.6 Å². The van der Waals surface area contributed by atoms with Gasteiger partial charge in [-0.15, -0.1) is 11.3 Å². The lowest BCUT2D eigenvalue weighted by Gasteiger charge is -1.81. The minimum absolute atomic E-state index is 0.750. The molecule has 4 heterocycles. The molecule has 0 fully saturated rings. The van der Waals surface area contributed by atoms with Crippen LogP contribution in [0.4, 0.5) is 0 Å². The Kier molecular flexibility index (Phi) is 8.57. The highest BCUT2D eigenvalue weighted by atomic mass is 32.1. The molecule has 0 aromatic carbocycles. The molecule has 0 radical (unpaired) electrons. The van der Waals surface area contributed by atoms with E-state index in [0.29, 0.717) is 0 Å². The van der Waals surface area contributed by atoms with Gasteiger partial charge in [0, 0.05) is 17.1 Å². The van der Waals surface area contributed by atoms with Gasteiger partial charge in [-0.3, -0.25) is 0 Å². The van der Waals surface area contributed by atoms with Crippen molar-refractivity contribution in [1.29, 1.82) is 0 Å². The second kappa shape index (κ2) is 10.4. The standard InChI is InChI=1S/C7H6N2O.C7H6N2S.2C2H6/c2*1-5-2-6-7(10-5)3-8-4-9-6;2*1-2/h2*2-4H,1H3;2*1-2H3. The van der Waals surface area contributed by atoms with E-state index in [0.717, 1.165) is 22.4 Å². The topological polar surface area (TPSA) is 64.7 Å². The summed E-state index contributed by atoms with van der Waals surface area (Å²) in [6, 6.07) is 3.96. The molecule has 4 aromatic rings. The number of furan rings is 1. The Morgan fingerprint density at radius 2 is 1.46 bits per heavy atom. The average molecular weight is 344 g/mol. The van der Waals surface area contributed by atoms with Crippen LogP contribution in [0.3, 0.4) is 0 Å². The van der Waals surface area contributed by atoms with Crippen LogP contribution in [0.1, 0.15) is 38.3 Å². The Hall–Kier alpha value is -2.34. The maximum absolute atomic E-state index is 5.24. The third kappa shape index (κ3) is 5.38. The van der Waals surface area contributed by atoms with Crippen molar-refractivity contribution in [3.05, 3.63) is 47.8 Å². The van der Waals surface area contributed by atoms with E-state index in [1.165, 1.54) is 15.9 Å². The summed E-state index contributed by atoms with van der Waals surface area (Å²) in [7, 11) is 0. The fraction of sp³-hybridized carbons (Fsp3) is 0.333. The summed E-state index contributed by atoms with van der Waals surface area (Å²) >= 11 is 1.73. The third-order valence-electron chi connectivity index (χ3n) is 2.64. The van der Waals surface area contributed by atoms with Gasteiger partial charge in [0.15, 0.2) is 5.58 Å². The van der Waals surface area contributed by atoms with Gasteiger partial charge in [-0.25, -0.2) is 19.9 Å². The fourth-order valence-corrected chi connectivity index (χ4v) is 2.66. The van der Waals surface area contributed by atoms with Crippen LogP contribution >= 0.6 is 11.3 Å². The maximum Gasteiger partial charge on any atom is 0.170 e. The van der Waals surface area contributed by atoms with Gasteiger partial charge in [0.2, 0.25) is 0 Å². The summed E-state index contributed by atoms with van der Waals surface area (Å²) in [5.41, 5.74) is 2.67. The van der Waals surface area contributed by atoms with Crippen LogP contribution in [0.5, 0.6) is 0 Å². The average Bonchev–Trinajstić information content (AvgIpc) is 3.19. The van der Waals surface area contributed by atoms with E-state index in [4.69, 9.17) is 4.42 Å². The number of hydrogen-bond acceptors (Lipinski definition) is 6. The summed E-state index contributed by atoms with van der Waals surface area (Å²) in [6.45, 7) is 12.0. The van der Waals surface area contributed by atoms with Gasteiger partial charge in [0.25, 0.3) is 0 Å². The van der Waals surface area contributed by atoms with Gasteiger partial charge in [-0.2, -0.15) is 0 Å². The van der Waals surface area contributed by atoms with Crippen molar-refractivity contribution in [3.63, 3.8) is 0 Å². The fourth-order valence-electron chi connectivity index (χ4n) is 1.82. The minimum Gasteiger partial charge on any atom is -0.458 e. The van der Waals surface area contributed by atoms with Gasteiger partial charge in [0.05, 0.1) is 16.4 Å². The first-order chi connectivity index (χ1) is 11.7. The van der Waals surface area contributed by atoms with Crippen LogP contribution < -0.4 is 0 Å². The van der Waals surface area contributed by atoms with Crippen molar-refractivity contribution >= 4 is 32.7 Å². The largest absolute Gasteiger partial charge is 0.458 e. The van der Waals surface area contributed by atoms with Crippen molar-refractivity contribution < 1.29 is 4.42 Å². The van der Waals surface area contributed by atoms with Gasteiger partial charge in [0.1, 0.15) is 23.9 Å². The molecule has 24 heavy (non-hydrogen) atoms. The van der Waals surface area contributed by atoms with E-state index in [1.54, 1.807) is 23.9 Å². The van der Waals surface area contributed by atoms with Crippen molar-refractivity contribution in [2.24, 2.45) is 0 Å². The molecule has 4 rings (SSSR count). The monoisotopic (exact) mass is 344 g/mol. The molecule has 0 aliphatic heterocycles. The SMILES string of the molecule is CC.CC.Cc1cc2ncncc2o1.Cc1cc2ncncc2s1. The second-order valence-electron chi connectivity index (χ2n) is 4.26. The zero-order valence-electron chi connectivity index (χ0n) is 15.1. The molecule has 0 N–H and O–H groups in total. The van der Waals surface area contributed by atoms with Gasteiger partial charge in [-0.1, -0.05) is 27.7 Å². The Morgan fingerprint density at radius 1 is 0.833 bits per heavy atom. The molecule has 5 nitrogen and oxygen atoms in total. The predicted octanol–water partition coefficient (Wildman–Crippen LogP) is 5.58. The molecule has 6 heteroatoms. The predicted molar refractivity (Wildman–Crippen MR) is 101 cm³/mol. The first kappa shape index (κ1) is 19.7. The zero-order chi connectivity index (χ0) is 17.9. The molecule has 0 unspecified atom stereocenters. The van der Waals surface area contributed by atoms with Crippen molar-refractivity contribution in [2.75, 3.05) is 0 Å². The van der Waals surface area contributed by atoms with Crippen LogP contribution in [0.25, 0.3) is 21.3 Å². The highest BCUT2D eigenvalue weighted by Crippen LogP contribution is 2.21. The summed E-state index contributed by atoms with van der Waals surface area (Å²) in [5.74, 6) is 0.871. The lowest BCUT2D eigenvalue weighted by atomic mass is 10.4. The zero-order valence-corrected chi connectivity index (χ0v) is 15.9. The summed E-state index contributed by atoms with van der Waals surface area (Å²) in [4.78, 5) is 17.1. The number of hydrogen-bond donors (Lipinski definition) is 0. The van der Waals surface area contributed by atoms with Crippen LogP contribution in [0, 0.1) is 13.8 Å². The van der Waals surface area contributed by atoms with E-state index in [9.17, 15) is 0 Å². The molecular formula is C18H24N4OS. The molecule has 0 bridgehead atoms. The third-order valence-corrected chi connectivity index (χ3v) is 3.61. The van der Waals surface area contributed by atoms with E-state index < -0.39 is 0 Å². The molecule has 0 aliphatic rings. The smallest absolute Gasteiger partial charge is 0.170 e. The van der Waals surface area contributed by atoms with Gasteiger partial charge in [-0.05, 0) is 19.9 Å².